The summed E-state index contributed by atoms with van der Waals surface area (Å²) in [6.07, 6.45) is 1.25. The molecule has 0 aromatic heterocycles. The summed E-state index contributed by atoms with van der Waals surface area (Å²) in [4.78, 5) is 10.1. The van der Waals surface area contributed by atoms with Crippen molar-refractivity contribution < 1.29 is 14.3 Å². The molecule has 0 bridgehead atoms. The zero-order chi connectivity index (χ0) is 9.84. The molecule has 4 heteroatoms. The van der Waals surface area contributed by atoms with Gasteiger partial charge < -0.3 is 9.90 Å². The minimum atomic E-state index is -0.510. The summed E-state index contributed by atoms with van der Waals surface area (Å²) >= 11 is 5.52. The highest BCUT2D eigenvalue weighted by Gasteiger charge is 2.07. The lowest BCUT2D eigenvalue weighted by atomic mass is 10.1. The highest BCUT2D eigenvalue weighted by molar-refractivity contribution is 6.32. The van der Waals surface area contributed by atoms with Crippen molar-refractivity contribution in [2.45, 2.75) is 12.8 Å². The summed E-state index contributed by atoms with van der Waals surface area (Å²) in [5.74, 6) is -0.659. The first kappa shape index (κ1) is 9.99. The Morgan fingerprint density at radius 2 is 2.23 bits per heavy atom. The van der Waals surface area contributed by atoms with Crippen molar-refractivity contribution in [1.82, 2.24) is 0 Å². The van der Waals surface area contributed by atoms with Crippen LogP contribution < -0.4 is 0 Å². The maximum absolute atomic E-state index is 12.8. The monoisotopic (exact) mass is 202 g/mol. The van der Waals surface area contributed by atoms with E-state index in [4.69, 9.17) is 11.6 Å². The number of halogens is 2. The summed E-state index contributed by atoms with van der Waals surface area (Å²) in [6, 6.07) is 2.20. The van der Waals surface area contributed by atoms with Gasteiger partial charge in [0.05, 0.1) is 5.02 Å². The fourth-order valence-corrected chi connectivity index (χ4v) is 1.25. The summed E-state index contributed by atoms with van der Waals surface area (Å²) in [5, 5.41) is 9.31. The van der Waals surface area contributed by atoms with Crippen LogP contribution >= 0.6 is 11.6 Å². The number of carbonyl (C=O) groups excluding carboxylic acids is 1. The first-order valence-corrected chi connectivity index (χ1v) is 4.13. The van der Waals surface area contributed by atoms with Gasteiger partial charge in [0, 0.05) is 6.42 Å². The van der Waals surface area contributed by atoms with Crippen LogP contribution in [0.5, 0.6) is 5.75 Å². The second-order valence-corrected chi connectivity index (χ2v) is 3.01. The molecule has 1 N–H and O–H groups in total. The molecule has 1 aromatic rings. The normalized spacial score (nSPS) is 10.0. The van der Waals surface area contributed by atoms with Crippen LogP contribution in [0.4, 0.5) is 4.39 Å². The average molecular weight is 203 g/mol. The Balaban J connectivity index is 2.98. The van der Waals surface area contributed by atoms with Crippen LogP contribution in [0.25, 0.3) is 0 Å². The maximum atomic E-state index is 12.8. The minimum absolute atomic E-state index is 0.0269. The SMILES string of the molecule is O=CCCc1cc(F)cc(Cl)c1O. The van der Waals surface area contributed by atoms with Crippen molar-refractivity contribution in [3.63, 3.8) is 0 Å². The lowest BCUT2D eigenvalue weighted by Crippen LogP contribution is -1.89. The molecule has 0 fully saturated rings. The Morgan fingerprint density at radius 3 is 2.85 bits per heavy atom. The summed E-state index contributed by atoms with van der Waals surface area (Å²) in [5.41, 5.74) is 0.358. The fraction of sp³-hybridized carbons (Fsp3) is 0.222. The highest BCUT2D eigenvalue weighted by atomic mass is 35.5. The molecule has 0 saturated heterocycles. The molecule has 0 saturated carbocycles. The summed E-state index contributed by atoms with van der Waals surface area (Å²) in [6.45, 7) is 0. The van der Waals surface area contributed by atoms with Crippen molar-refractivity contribution in [2.24, 2.45) is 0 Å². The molecule has 0 aliphatic rings. The summed E-state index contributed by atoms with van der Waals surface area (Å²) in [7, 11) is 0. The van der Waals surface area contributed by atoms with E-state index < -0.39 is 5.82 Å². The molecule has 0 aliphatic heterocycles. The van der Waals surface area contributed by atoms with Gasteiger partial charge in [-0.25, -0.2) is 4.39 Å². The highest BCUT2D eigenvalue weighted by Crippen LogP contribution is 2.29. The van der Waals surface area contributed by atoms with Gasteiger partial charge in [0.1, 0.15) is 17.9 Å². The molecule has 2 nitrogen and oxygen atoms in total. The topological polar surface area (TPSA) is 37.3 Å². The number of aryl methyl sites for hydroxylation is 1. The Hall–Kier alpha value is -1.09. The fourth-order valence-electron chi connectivity index (χ4n) is 1.02. The molecule has 0 aliphatic carbocycles. The van der Waals surface area contributed by atoms with Crippen molar-refractivity contribution in [3.8, 4) is 5.75 Å². The quantitative estimate of drug-likeness (QED) is 0.764. The number of benzene rings is 1. The zero-order valence-corrected chi connectivity index (χ0v) is 7.51. The van der Waals surface area contributed by atoms with Gasteiger partial charge in [0.2, 0.25) is 0 Å². The van der Waals surface area contributed by atoms with Crippen LogP contribution in [0, 0.1) is 5.82 Å². The van der Waals surface area contributed by atoms with Crippen LogP contribution in [0.2, 0.25) is 5.02 Å². The van der Waals surface area contributed by atoms with E-state index in [1.54, 1.807) is 0 Å². The number of aldehydes is 1. The molecule has 0 unspecified atom stereocenters. The van der Waals surface area contributed by atoms with E-state index in [-0.39, 0.29) is 17.2 Å². The molecule has 13 heavy (non-hydrogen) atoms. The Bertz CT molecular complexity index is 326. The number of carbonyl (C=O) groups is 1. The molecule has 0 atom stereocenters. The number of aromatic hydroxyl groups is 1. The van der Waals surface area contributed by atoms with Gasteiger partial charge in [-0.2, -0.15) is 0 Å². The van der Waals surface area contributed by atoms with Crippen LogP contribution in [-0.4, -0.2) is 11.4 Å². The molecule has 0 spiro atoms. The van der Waals surface area contributed by atoms with E-state index in [2.05, 4.69) is 0 Å². The van der Waals surface area contributed by atoms with Gasteiger partial charge >= 0.3 is 0 Å². The molecule has 70 valence electrons. The maximum Gasteiger partial charge on any atom is 0.137 e. The zero-order valence-electron chi connectivity index (χ0n) is 6.76. The molecular formula is C9H8ClFO2. The van der Waals surface area contributed by atoms with Crippen LogP contribution in [0.1, 0.15) is 12.0 Å². The smallest absolute Gasteiger partial charge is 0.137 e. The Kier molecular flexibility index (Phi) is 3.25. The van der Waals surface area contributed by atoms with Crippen LogP contribution in [-0.2, 0) is 11.2 Å². The number of phenolic OH excluding ortho intramolecular Hbond substituents is 1. The Labute approximate surface area is 80.0 Å². The van der Waals surface area contributed by atoms with E-state index in [1.807, 2.05) is 0 Å². The first-order chi connectivity index (χ1) is 6.15. The van der Waals surface area contributed by atoms with Crippen LogP contribution in [0.15, 0.2) is 12.1 Å². The molecule has 0 radical (unpaired) electrons. The number of hydrogen-bond acceptors (Lipinski definition) is 2. The van der Waals surface area contributed by atoms with Crippen molar-refractivity contribution >= 4 is 17.9 Å². The van der Waals surface area contributed by atoms with E-state index in [0.29, 0.717) is 18.3 Å². The Morgan fingerprint density at radius 1 is 1.54 bits per heavy atom. The lowest BCUT2D eigenvalue weighted by Gasteiger charge is -2.04. The third kappa shape index (κ3) is 2.42. The standard InChI is InChI=1S/C9H8ClFO2/c10-8-5-7(11)4-6(9(8)13)2-1-3-12/h3-5,13H,1-2H2. The van der Waals surface area contributed by atoms with Gasteiger partial charge in [-0.15, -0.1) is 0 Å². The van der Waals surface area contributed by atoms with Gasteiger partial charge in [-0.1, -0.05) is 11.6 Å². The van der Waals surface area contributed by atoms with Crippen LogP contribution in [0.3, 0.4) is 0 Å². The summed E-state index contributed by atoms with van der Waals surface area (Å²) < 4.78 is 12.8. The molecule has 0 amide bonds. The third-order valence-corrected chi connectivity index (χ3v) is 1.93. The molecule has 1 aromatic carbocycles. The van der Waals surface area contributed by atoms with E-state index in [1.165, 1.54) is 6.07 Å². The predicted molar refractivity (Wildman–Crippen MR) is 47.5 cm³/mol. The third-order valence-electron chi connectivity index (χ3n) is 1.64. The predicted octanol–water partition coefficient (Wildman–Crippen LogP) is 2.32. The number of rotatable bonds is 3. The van der Waals surface area contributed by atoms with E-state index >= 15 is 0 Å². The van der Waals surface area contributed by atoms with E-state index in [0.717, 1.165) is 6.07 Å². The second-order valence-electron chi connectivity index (χ2n) is 2.60. The first-order valence-electron chi connectivity index (χ1n) is 3.75. The van der Waals surface area contributed by atoms with Gasteiger partial charge in [0.15, 0.2) is 0 Å². The molecular weight excluding hydrogens is 195 g/mol. The van der Waals surface area contributed by atoms with Crippen molar-refractivity contribution in [1.29, 1.82) is 0 Å². The largest absolute Gasteiger partial charge is 0.506 e. The van der Waals surface area contributed by atoms with Crippen molar-refractivity contribution in [2.75, 3.05) is 0 Å². The molecule has 0 heterocycles. The number of hydrogen-bond donors (Lipinski definition) is 1. The molecule has 1 rings (SSSR count). The van der Waals surface area contributed by atoms with Crippen molar-refractivity contribution in [3.05, 3.63) is 28.5 Å². The van der Waals surface area contributed by atoms with Gasteiger partial charge in [-0.05, 0) is 24.1 Å². The van der Waals surface area contributed by atoms with Gasteiger partial charge in [-0.3, -0.25) is 0 Å². The number of phenols is 1. The van der Waals surface area contributed by atoms with Gasteiger partial charge in [0.25, 0.3) is 0 Å². The average Bonchev–Trinajstić information content (AvgIpc) is 2.09. The van der Waals surface area contributed by atoms with E-state index in [9.17, 15) is 14.3 Å². The lowest BCUT2D eigenvalue weighted by molar-refractivity contribution is -0.107. The minimum Gasteiger partial charge on any atom is -0.506 e. The second kappa shape index (κ2) is 4.23.